The predicted molar refractivity (Wildman–Crippen MR) is 92.6 cm³/mol. The van der Waals surface area contributed by atoms with Crippen molar-refractivity contribution in [1.82, 2.24) is 4.57 Å². The molecule has 6 nitrogen and oxygen atoms in total. The Kier molecular flexibility index (Phi) is 3.26. The number of rotatable bonds is 4. The van der Waals surface area contributed by atoms with Gasteiger partial charge >= 0.3 is 0 Å². The van der Waals surface area contributed by atoms with Gasteiger partial charge in [0.05, 0.1) is 0 Å². The molecular weight excluding hydrogens is 306 g/mol. The van der Waals surface area contributed by atoms with Gasteiger partial charge in [0.15, 0.2) is 0 Å². The zero-order valence-electron chi connectivity index (χ0n) is 13.2. The summed E-state index contributed by atoms with van der Waals surface area (Å²) in [7, 11) is 0. The summed E-state index contributed by atoms with van der Waals surface area (Å²) >= 11 is 0. The number of aryl methyl sites for hydroxylation is 1. The summed E-state index contributed by atoms with van der Waals surface area (Å²) in [5, 5.41) is 15.7. The molecule has 1 amide bonds. The first-order valence-corrected chi connectivity index (χ1v) is 8.05. The fraction of sp³-hybridized carbons (Fsp3) is 0.278. The van der Waals surface area contributed by atoms with E-state index in [9.17, 15) is 14.9 Å². The molecule has 1 aliphatic carbocycles. The van der Waals surface area contributed by atoms with E-state index in [1.807, 2.05) is 30.3 Å². The van der Waals surface area contributed by atoms with Gasteiger partial charge in [0.1, 0.15) is 5.92 Å². The molecule has 1 fully saturated rings. The minimum atomic E-state index is -0.726. The van der Waals surface area contributed by atoms with Crippen molar-refractivity contribution < 1.29 is 9.72 Å². The topological polar surface area (TPSA) is 77.2 Å². The third-order valence-electron chi connectivity index (χ3n) is 4.72. The number of anilines is 1. The molecule has 2 atom stereocenters. The van der Waals surface area contributed by atoms with Crippen LogP contribution in [0.4, 0.5) is 5.69 Å². The fourth-order valence-electron chi connectivity index (χ4n) is 3.40. The van der Waals surface area contributed by atoms with Crippen molar-refractivity contribution in [1.29, 1.82) is 0 Å². The first kappa shape index (κ1) is 14.7. The summed E-state index contributed by atoms with van der Waals surface area (Å²) < 4.78 is 2.24. The molecule has 0 aliphatic heterocycles. The van der Waals surface area contributed by atoms with Crippen LogP contribution in [0, 0.1) is 16.0 Å². The molecule has 1 N–H and O–H groups in total. The second-order valence-electron chi connectivity index (χ2n) is 6.18. The van der Waals surface area contributed by atoms with Gasteiger partial charge in [0.2, 0.25) is 11.9 Å². The van der Waals surface area contributed by atoms with E-state index < -0.39 is 12.0 Å². The smallest absolute Gasteiger partial charge is 0.234 e. The molecule has 3 aromatic rings. The van der Waals surface area contributed by atoms with Gasteiger partial charge in [-0.3, -0.25) is 14.9 Å². The average Bonchev–Trinajstić information content (AvgIpc) is 3.33. The Bertz CT molecular complexity index is 976. The standard InChI is InChI=1S/C18H17N3O3/c1-2-20-15-6-4-3-5-12(15)13-9-11(7-8-16(13)20)19-18(22)14-10-17(14)21(23)24/h3-9,14,17H,2,10H2,1H3,(H,19,22)/t14-,17+/m0/s1. The van der Waals surface area contributed by atoms with Crippen molar-refractivity contribution in [2.45, 2.75) is 25.9 Å². The van der Waals surface area contributed by atoms with Crippen LogP contribution in [0.3, 0.4) is 0 Å². The molecule has 1 saturated carbocycles. The number of nitro groups is 1. The number of nitrogens with zero attached hydrogens (tertiary/aromatic N) is 2. The quantitative estimate of drug-likeness (QED) is 0.590. The van der Waals surface area contributed by atoms with Gasteiger partial charge in [0, 0.05) is 45.4 Å². The summed E-state index contributed by atoms with van der Waals surface area (Å²) in [6.45, 7) is 2.97. The van der Waals surface area contributed by atoms with Crippen molar-refractivity contribution in [2.24, 2.45) is 5.92 Å². The molecule has 0 spiro atoms. The number of aromatic nitrogens is 1. The van der Waals surface area contributed by atoms with Crippen LogP contribution in [0.2, 0.25) is 0 Å². The van der Waals surface area contributed by atoms with Gasteiger partial charge in [-0.2, -0.15) is 0 Å². The number of fused-ring (bicyclic) bond motifs is 3. The van der Waals surface area contributed by atoms with E-state index >= 15 is 0 Å². The van der Waals surface area contributed by atoms with Gasteiger partial charge < -0.3 is 9.88 Å². The van der Waals surface area contributed by atoms with Gasteiger partial charge in [-0.05, 0) is 31.2 Å². The van der Waals surface area contributed by atoms with Crippen LogP contribution in [0.25, 0.3) is 21.8 Å². The number of para-hydroxylation sites is 1. The molecule has 0 bridgehead atoms. The summed E-state index contributed by atoms with van der Waals surface area (Å²) in [6.07, 6.45) is 0.330. The number of carbonyl (C=O) groups is 1. The van der Waals surface area contributed by atoms with Crippen LogP contribution >= 0.6 is 0 Å². The number of hydrogen-bond donors (Lipinski definition) is 1. The largest absolute Gasteiger partial charge is 0.341 e. The molecule has 4 rings (SSSR count). The van der Waals surface area contributed by atoms with E-state index in [0.29, 0.717) is 12.1 Å². The highest BCUT2D eigenvalue weighted by Crippen LogP contribution is 2.35. The molecule has 0 saturated heterocycles. The fourth-order valence-corrected chi connectivity index (χ4v) is 3.40. The number of amides is 1. The molecule has 1 heterocycles. The van der Waals surface area contributed by atoms with Crippen LogP contribution in [0.5, 0.6) is 0 Å². The maximum Gasteiger partial charge on any atom is 0.234 e. The summed E-state index contributed by atoms with van der Waals surface area (Å²) in [6, 6.07) is 13.2. The lowest BCUT2D eigenvalue weighted by atomic mass is 10.1. The van der Waals surface area contributed by atoms with Gasteiger partial charge in [-0.1, -0.05) is 18.2 Å². The molecule has 1 aromatic heterocycles. The van der Waals surface area contributed by atoms with Crippen LogP contribution in [0.1, 0.15) is 13.3 Å². The third kappa shape index (κ3) is 2.22. The molecule has 122 valence electrons. The van der Waals surface area contributed by atoms with Gasteiger partial charge in [0.25, 0.3) is 0 Å². The Morgan fingerprint density at radius 3 is 2.71 bits per heavy atom. The molecule has 0 radical (unpaired) electrons. The van der Waals surface area contributed by atoms with Gasteiger partial charge in [-0.25, -0.2) is 0 Å². The first-order chi connectivity index (χ1) is 11.6. The Hall–Kier alpha value is -2.89. The van der Waals surface area contributed by atoms with Crippen LogP contribution in [-0.2, 0) is 11.3 Å². The number of carbonyl (C=O) groups excluding carboxylic acids is 1. The van der Waals surface area contributed by atoms with Crippen molar-refractivity contribution in [3.8, 4) is 0 Å². The maximum atomic E-state index is 12.1. The highest BCUT2D eigenvalue weighted by atomic mass is 16.6. The molecular formula is C18H17N3O3. The highest BCUT2D eigenvalue weighted by Gasteiger charge is 2.53. The molecule has 6 heteroatoms. The minimum absolute atomic E-state index is 0.268. The Morgan fingerprint density at radius 1 is 1.25 bits per heavy atom. The number of benzene rings is 2. The lowest BCUT2D eigenvalue weighted by Crippen LogP contribution is -2.18. The normalized spacial score (nSPS) is 19.5. The van der Waals surface area contributed by atoms with Crippen molar-refractivity contribution in [3.63, 3.8) is 0 Å². The van der Waals surface area contributed by atoms with Crippen LogP contribution in [-0.4, -0.2) is 21.4 Å². The molecule has 1 aliphatic rings. The zero-order chi connectivity index (χ0) is 16.8. The van der Waals surface area contributed by atoms with Crippen LogP contribution < -0.4 is 5.32 Å². The average molecular weight is 323 g/mol. The lowest BCUT2D eigenvalue weighted by Gasteiger charge is -2.06. The molecule has 0 unspecified atom stereocenters. The predicted octanol–water partition coefficient (Wildman–Crippen LogP) is 3.42. The molecule has 24 heavy (non-hydrogen) atoms. The first-order valence-electron chi connectivity index (χ1n) is 8.05. The van der Waals surface area contributed by atoms with Crippen LogP contribution in [0.15, 0.2) is 42.5 Å². The third-order valence-corrected chi connectivity index (χ3v) is 4.72. The highest BCUT2D eigenvalue weighted by molar-refractivity contribution is 6.10. The van der Waals surface area contributed by atoms with Crippen molar-refractivity contribution in [2.75, 3.05) is 5.32 Å². The van der Waals surface area contributed by atoms with E-state index in [0.717, 1.165) is 28.4 Å². The number of hydrogen-bond acceptors (Lipinski definition) is 3. The summed E-state index contributed by atoms with van der Waals surface area (Å²) in [5.74, 6) is -0.775. The monoisotopic (exact) mass is 323 g/mol. The number of nitrogens with one attached hydrogen (secondary N) is 1. The Morgan fingerprint density at radius 2 is 2.00 bits per heavy atom. The van der Waals surface area contributed by atoms with E-state index in [1.54, 1.807) is 0 Å². The Balaban J connectivity index is 1.70. The summed E-state index contributed by atoms with van der Waals surface area (Å²) in [4.78, 5) is 22.5. The second-order valence-corrected chi connectivity index (χ2v) is 6.18. The zero-order valence-corrected chi connectivity index (χ0v) is 13.2. The molecule has 2 aromatic carbocycles. The van der Waals surface area contributed by atoms with Gasteiger partial charge in [-0.15, -0.1) is 0 Å². The second kappa shape index (κ2) is 5.33. The summed E-state index contributed by atoms with van der Waals surface area (Å²) in [5.41, 5.74) is 2.96. The van der Waals surface area contributed by atoms with E-state index in [2.05, 4.69) is 28.9 Å². The van der Waals surface area contributed by atoms with E-state index in [-0.39, 0.29) is 10.8 Å². The van der Waals surface area contributed by atoms with Crippen molar-refractivity contribution in [3.05, 3.63) is 52.6 Å². The van der Waals surface area contributed by atoms with E-state index in [4.69, 9.17) is 0 Å². The maximum absolute atomic E-state index is 12.1. The van der Waals surface area contributed by atoms with Crippen molar-refractivity contribution >= 4 is 33.4 Å². The lowest BCUT2D eigenvalue weighted by molar-refractivity contribution is -0.497. The van der Waals surface area contributed by atoms with E-state index in [1.165, 1.54) is 0 Å². The Labute approximate surface area is 138 Å². The SMILES string of the molecule is CCn1c2ccccc2c2cc(NC(=O)[C@H]3C[C@H]3[N+](=O)[O-])ccc21. The minimum Gasteiger partial charge on any atom is -0.341 e.